The maximum atomic E-state index is 12.4. The second-order valence-corrected chi connectivity index (χ2v) is 6.22. The Bertz CT molecular complexity index is 726. The summed E-state index contributed by atoms with van der Waals surface area (Å²) >= 11 is 0. The highest BCUT2D eigenvalue weighted by Crippen LogP contribution is 2.36. The van der Waals surface area contributed by atoms with Crippen molar-refractivity contribution in [2.24, 2.45) is 7.05 Å². The van der Waals surface area contributed by atoms with Gasteiger partial charge in [-0.25, -0.2) is 0 Å². The van der Waals surface area contributed by atoms with E-state index in [0.29, 0.717) is 6.54 Å². The highest BCUT2D eigenvalue weighted by atomic mass is 16.5. The van der Waals surface area contributed by atoms with Crippen molar-refractivity contribution in [2.45, 2.75) is 25.8 Å². The normalized spacial score (nSPS) is 17.9. The van der Waals surface area contributed by atoms with Crippen LogP contribution in [0.3, 0.4) is 0 Å². The van der Waals surface area contributed by atoms with Crippen LogP contribution >= 0.6 is 0 Å². The van der Waals surface area contributed by atoms with Crippen LogP contribution in [-0.4, -0.2) is 40.8 Å². The van der Waals surface area contributed by atoms with Gasteiger partial charge in [-0.05, 0) is 32.4 Å². The van der Waals surface area contributed by atoms with E-state index in [-0.39, 0.29) is 11.9 Å². The first-order valence-electron chi connectivity index (χ1n) is 8.25. The van der Waals surface area contributed by atoms with E-state index in [9.17, 15) is 4.79 Å². The van der Waals surface area contributed by atoms with Gasteiger partial charge in [0.1, 0.15) is 5.75 Å². The fourth-order valence-corrected chi connectivity index (χ4v) is 3.41. The van der Waals surface area contributed by atoms with Crippen molar-refractivity contribution in [3.05, 3.63) is 41.7 Å². The van der Waals surface area contributed by atoms with Gasteiger partial charge in [0.05, 0.1) is 25.0 Å². The molecule has 1 atom stereocenters. The van der Waals surface area contributed by atoms with Crippen LogP contribution in [0.5, 0.6) is 5.75 Å². The maximum absolute atomic E-state index is 12.4. The van der Waals surface area contributed by atoms with Crippen LogP contribution in [-0.2, 0) is 11.8 Å². The van der Waals surface area contributed by atoms with E-state index in [4.69, 9.17) is 4.74 Å². The van der Waals surface area contributed by atoms with E-state index in [1.165, 1.54) is 0 Å². The average Bonchev–Trinajstić information content (AvgIpc) is 3.13. The van der Waals surface area contributed by atoms with Crippen molar-refractivity contribution < 1.29 is 9.53 Å². The Morgan fingerprint density at radius 2 is 2.21 bits per heavy atom. The van der Waals surface area contributed by atoms with Crippen molar-refractivity contribution in [2.75, 3.05) is 25.5 Å². The number of aromatic nitrogens is 2. The summed E-state index contributed by atoms with van der Waals surface area (Å²) in [4.78, 5) is 14.7. The SMILES string of the molecule is COc1ccccc1[C@@H]1CCCN1CC(=O)Nc1cn(C)nc1C. The molecule has 0 saturated carbocycles. The van der Waals surface area contributed by atoms with Gasteiger partial charge in [-0.15, -0.1) is 0 Å². The van der Waals surface area contributed by atoms with Crippen molar-refractivity contribution in [1.29, 1.82) is 0 Å². The van der Waals surface area contributed by atoms with Crippen LogP contribution in [0.4, 0.5) is 5.69 Å². The number of amides is 1. The molecule has 1 fully saturated rings. The molecule has 1 aliphatic rings. The van der Waals surface area contributed by atoms with Gasteiger partial charge < -0.3 is 10.1 Å². The molecule has 0 unspecified atom stereocenters. The lowest BCUT2D eigenvalue weighted by atomic mass is 10.0. The van der Waals surface area contributed by atoms with Gasteiger partial charge in [0, 0.05) is 24.8 Å². The summed E-state index contributed by atoms with van der Waals surface area (Å²) in [5.41, 5.74) is 2.76. The number of ether oxygens (including phenoxy) is 1. The predicted octanol–water partition coefficient (Wildman–Crippen LogP) is 2.51. The number of carbonyl (C=O) groups excluding carboxylic acids is 1. The van der Waals surface area contributed by atoms with E-state index >= 15 is 0 Å². The molecule has 0 spiro atoms. The van der Waals surface area contributed by atoms with Crippen molar-refractivity contribution in [1.82, 2.24) is 14.7 Å². The minimum atomic E-state index is -0.00658. The van der Waals surface area contributed by atoms with Crippen LogP contribution in [0.1, 0.15) is 30.1 Å². The summed E-state index contributed by atoms with van der Waals surface area (Å²) < 4.78 is 7.19. The number of methoxy groups -OCH3 is 1. The fraction of sp³-hybridized carbons (Fsp3) is 0.444. The van der Waals surface area contributed by atoms with E-state index in [1.54, 1.807) is 11.8 Å². The molecule has 1 amide bonds. The lowest BCUT2D eigenvalue weighted by Crippen LogP contribution is -2.33. The third-order valence-electron chi connectivity index (χ3n) is 4.50. The Morgan fingerprint density at radius 3 is 2.92 bits per heavy atom. The lowest BCUT2D eigenvalue weighted by Gasteiger charge is -2.25. The smallest absolute Gasteiger partial charge is 0.238 e. The summed E-state index contributed by atoms with van der Waals surface area (Å²) in [6.45, 7) is 3.18. The third-order valence-corrected chi connectivity index (χ3v) is 4.50. The minimum absolute atomic E-state index is 0.00658. The quantitative estimate of drug-likeness (QED) is 0.916. The first-order chi connectivity index (χ1) is 11.6. The standard InChI is InChI=1S/C18H24N4O2/c1-13-15(11-21(2)20-13)19-18(23)12-22-10-6-8-16(22)14-7-4-5-9-17(14)24-3/h4-5,7,9,11,16H,6,8,10,12H2,1-3H3,(H,19,23)/t16-/m0/s1. The van der Waals surface area contributed by atoms with Gasteiger partial charge in [0.15, 0.2) is 0 Å². The number of carbonyl (C=O) groups is 1. The topological polar surface area (TPSA) is 59.4 Å². The highest BCUT2D eigenvalue weighted by Gasteiger charge is 2.29. The van der Waals surface area contributed by atoms with Crippen LogP contribution in [0.15, 0.2) is 30.5 Å². The van der Waals surface area contributed by atoms with Gasteiger partial charge in [0.2, 0.25) is 5.91 Å². The first-order valence-corrected chi connectivity index (χ1v) is 8.25. The van der Waals surface area contributed by atoms with Gasteiger partial charge in [-0.3, -0.25) is 14.4 Å². The number of anilines is 1. The van der Waals surface area contributed by atoms with E-state index in [1.807, 2.05) is 38.4 Å². The van der Waals surface area contributed by atoms with Crippen LogP contribution < -0.4 is 10.1 Å². The molecule has 2 aromatic rings. The van der Waals surface area contributed by atoms with E-state index in [2.05, 4.69) is 21.4 Å². The monoisotopic (exact) mass is 328 g/mol. The zero-order chi connectivity index (χ0) is 17.1. The Morgan fingerprint density at radius 1 is 1.42 bits per heavy atom. The average molecular weight is 328 g/mol. The van der Waals surface area contributed by atoms with Crippen LogP contribution in [0.25, 0.3) is 0 Å². The summed E-state index contributed by atoms with van der Waals surface area (Å²) in [5, 5.41) is 7.22. The molecule has 3 rings (SSSR count). The molecular formula is C18H24N4O2. The molecule has 1 N–H and O–H groups in total. The molecule has 0 aliphatic carbocycles. The molecule has 128 valence electrons. The Hall–Kier alpha value is -2.34. The fourth-order valence-electron chi connectivity index (χ4n) is 3.41. The summed E-state index contributed by atoms with van der Waals surface area (Å²) in [6, 6.07) is 8.28. The van der Waals surface area contributed by atoms with Crippen molar-refractivity contribution in [3.63, 3.8) is 0 Å². The molecule has 1 saturated heterocycles. The third kappa shape index (κ3) is 3.43. The number of likely N-dealkylation sites (tertiary alicyclic amines) is 1. The van der Waals surface area contributed by atoms with E-state index in [0.717, 1.165) is 42.1 Å². The Labute approximate surface area is 142 Å². The summed E-state index contributed by atoms with van der Waals surface area (Å²) in [5.74, 6) is 0.880. The summed E-state index contributed by atoms with van der Waals surface area (Å²) in [7, 11) is 3.54. The Balaban J connectivity index is 1.69. The van der Waals surface area contributed by atoms with Gasteiger partial charge in [0.25, 0.3) is 0 Å². The largest absolute Gasteiger partial charge is 0.496 e. The van der Waals surface area contributed by atoms with Gasteiger partial charge in [-0.1, -0.05) is 18.2 Å². The number of hydrogen-bond acceptors (Lipinski definition) is 4. The molecule has 0 bridgehead atoms. The number of aryl methyl sites for hydroxylation is 2. The minimum Gasteiger partial charge on any atom is -0.496 e. The molecule has 6 heteroatoms. The molecular weight excluding hydrogens is 304 g/mol. The van der Waals surface area contributed by atoms with Gasteiger partial charge in [-0.2, -0.15) is 5.10 Å². The number of para-hydroxylation sites is 1. The zero-order valence-corrected chi connectivity index (χ0v) is 14.5. The summed E-state index contributed by atoms with van der Waals surface area (Å²) in [6.07, 6.45) is 3.95. The molecule has 0 radical (unpaired) electrons. The molecule has 6 nitrogen and oxygen atoms in total. The molecule has 1 aromatic carbocycles. The number of nitrogens with zero attached hydrogens (tertiary/aromatic N) is 3. The number of hydrogen-bond donors (Lipinski definition) is 1. The second kappa shape index (κ2) is 7.05. The van der Waals surface area contributed by atoms with Crippen LogP contribution in [0, 0.1) is 6.92 Å². The molecule has 24 heavy (non-hydrogen) atoms. The predicted molar refractivity (Wildman–Crippen MR) is 93.1 cm³/mol. The molecule has 2 heterocycles. The highest BCUT2D eigenvalue weighted by molar-refractivity contribution is 5.92. The molecule has 1 aliphatic heterocycles. The van der Waals surface area contributed by atoms with Crippen LogP contribution in [0.2, 0.25) is 0 Å². The zero-order valence-electron chi connectivity index (χ0n) is 14.5. The number of benzene rings is 1. The van der Waals surface area contributed by atoms with E-state index < -0.39 is 0 Å². The number of nitrogens with one attached hydrogen (secondary N) is 1. The van der Waals surface area contributed by atoms with Crippen molar-refractivity contribution >= 4 is 11.6 Å². The first kappa shape index (κ1) is 16.5. The second-order valence-electron chi connectivity index (χ2n) is 6.22. The van der Waals surface area contributed by atoms with Crippen molar-refractivity contribution in [3.8, 4) is 5.75 Å². The Kier molecular flexibility index (Phi) is 4.85. The molecule has 1 aromatic heterocycles. The lowest BCUT2D eigenvalue weighted by molar-refractivity contribution is -0.117. The maximum Gasteiger partial charge on any atom is 0.238 e. The number of rotatable bonds is 5. The van der Waals surface area contributed by atoms with Gasteiger partial charge >= 0.3 is 0 Å².